The monoisotopic (exact) mass is 468 g/mol. The van der Waals surface area contributed by atoms with Crippen LogP contribution in [0.5, 0.6) is 5.75 Å². The second-order valence-electron chi connectivity index (χ2n) is 7.63. The average molecular weight is 468 g/mol. The van der Waals surface area contributed by atoms with E-state index in [4.69, 9.17) is 4.74 Å². The van der Waals surface area contributed by atoms with Gasteiger partial charge in [0.1, 0.15) is 17.7 Å². The third kappa shape index (κ3) is 4.67. The van der Waals surface area contributed by atoms with Crippen molar-refractivity contribution in [3.8, 4) is 5.75 Å². The highest BCUT2D eigenvalue weighted by molar-refractivity contribution is 5.73. The van der Waals surface area contributed by atoms with Crippen LogP contribution in [0.2, 0.25) is 0 Å². The number of ether oxygens (including phenoxy) is 1. The Kier molecular flexibility index (Phi) is 6.06. The summed E-state index contributed by atoms with van der Waals surface area (Å²) in [6, 6.07) is 0.261. The minimum Gasteiger partial charge on any atom is -0.405 e. The summed E-state index contributed by atoms with van der Waals surface area (Å²) in [5.41, 5.74) is 0.695. The van der Waals surface area contributed by atoms with Crippen molar-refractivity contribution in [1.82, 2.24) is 24.9 Å². The highest BCUT2D eigenvalue weighted by Crippen LogP contribution is 2.39. The fraction of sp³-hybridized carbons (Fsp3) is 0.400. The normalized spacial score (nSPS) is 19.6. The van der Waals surface area contributed by atoms with Gasteiger partial charge in [-0.2, -0.15) is 18.3 Å². The lowest BCUT2D eigenvalue weighted by molar-refractivity contribution is -0.149. The molecule has 0 saturated carbocycles. The Morgan fingerprint density at radius 1 is 1.33 bits per heavy atom. The zero-order valence-electron chi connectivity index (χ0n) is 17.3. The van der Waals surface area contributed by atoms with E-state index in [0.717, 1.165) is 19.3 Å². The van der Waals surface area contributed by atoms with Gasteiger partial charge in [-0.3, -0.25) is 4.98 Å². The van der Waals surface area contributed by atoms with Gasteiger partial charge < -0.3 is 20.1 Å². The largest absolute Gasteiger partial charge is 0.413 e. The zero-order chi connectivity index (χ0) is 23.8. The number of carbonyl (C=O) groups is 1. The van der Waals surface area contributed by atoms with Crippen LogP contribution < -0.4 is 15.0 Å². The Morgan fingerprint density at radius 2 is 2.12 bits per heavy atom. The fourth-order valence-corrected chi connectivity index (χ4v) is 3.79. The smallest absolute Gasteiger partial charge is 0.405 e. The number of carbonyl (C=O) groups excluding carboxylic acids is 1. The average Bonchev–Trinajstić information content (AvgIpc) is 3.36. The SMILES string of the molecule is C[C@@H](NC(=O)Oc1cnn2ccc(N3[C@H](CO)CC[C@@H]3c3cncc(F)c3)nc12)C(F)(F)F. The lowest BCUT2D eigenvalue weighted by atomic mass is 10.1. The van der Waals surface area contributed by atoms with Crippen molar-refractivity contribution >= 4 is 17.6 Å². The Bertz CT molecular complexity index is 1150. The molecule has 4 heterocycles. The number of nitrogens with zero attached hydrogens (tertiary/aromatic N) is 5. The van der Waals surface area contributed by atoms with Gasteiger partial charge in [-0.1, -0.05) is 0 Å². The maximum absolute atomic E-state index is 13.8. The van der Waals surface area contributed by atoms with E-state index >= 15 is 0 Å². The molecule has 1 saturated heterocycles. The molecule has 0 aromatic carbocycles. The van der Waals surface area contributed by atoms with Gasteiger partial charge in [0, 0.05) is 12.4 Å². The standard InChI is InChI=1S/C20H20F4N6O3/c1-11(20(22,23)24)27-19(32)33-16-9-26-29-5-4-17(28-18(16)29)30-14(10-31)2-3-15(30)12-6-13(21)8-25-7-12/h4-9,11,14-15,31H,2-3,10H2,1H3,(H,27,32)/t11-,14+,15-/m1/s1. The summed E-state index contributed by atoms with van der Waals surface area (Å²) in [4.78, 5) is 22.1. The van der Waals surface area contributed by atoms with E-state index in [2.05, 4.69) is 15.1 Å². The number of fused-ring (bicyclic) bond motifs is 1. The number of nitrogens with one attached hydrogen (secondary N) is 1. The predicted molar refractivity (Wildman–Crippen MR) is 107 cm³/mol. The van der Waals surface area contributed by atoms with Crippen LogP contribution in [0, 0.1) is 5.82 Å². The molecule has 33 heavy (non-hydrogen) atoms. The van der Waals surface area contributed by atoms with E-state index in [0.29, 0.717) is 24.2 Å². The molecule has 1 fully saturated rings. The summed E-state index contributed by atoms with van der Waals surface area (Å²) in [5.74, 6) is -0.246. The molecule has 3 atom stereocenters. The van der Waals surface area contributed by atoms with Gasteiger partial charge in [-0.25, -0.2) is 18.7 Å². The zero-order valence-corrected chi connectivity index (χ0v) is 17.3. The summed E-state index contributed by atoms with van der Waals surface area (Å²) >= 11 is 0. The Balaban J connectivity index is 1.63. The van der Waals surface area contributed by atoms with Gasteiger partial charge in [0.25, 0.3) is 0 Å². The summed E-state index contributed by atoms with van der Waals surface area (Å²) in [6.07, 6.45) is 0.630. The van der Waals surface area contributed by atoms with E-state index in [-0.39, 0.29) is 30.1 Å². The third-order valence-electron chi connectivity index (χ3n) is 5.44. The first-order valence-corrected chi connectivity index (χ1v) is 10.1. The Morgan fingerprint density at radius 3 is 2.82 bits per heavy atom. The van der Waals surface area contributed by atoms with Crippen molar-refractivity contribution in [2.45, 2.75) is 44.1 Å². The number of aliphatic hydroxyl groups excluding tert-OH is 1. The van der Waals surface area contributed by atoms with E-state index in [1.807, 2.05) is 4.90 Å². The topological polar surface area (TPSA) is 105 Å². The molecule has 0 unspecified atom stereocenters. The van der Waals surface area contributed by atoms with Crippen molar-refractivity contribution in [3.63, 3.8) is 0 Å². The van der Waals surface area contributed by atoms with Crippen molar-refractivity contribution in [2.24, 2.45) is 0 Å². The van der Waals surface area contributed by atoms with E-state index in [1.54, 1.807) is 17.6 Å². The van der Waals surface area contributed by atoms with Crippen LogP contribution in [-0.2, 0) is 0 Å². The van der Waals surface area contributed by atoms with Crippen LogP contribution in [-0.4, -0.2) is 55.6 Å². The van der Waals surface area contributed by atoms with Crippen molar-refractivity contribution in [1.29, 1.82) is 0 Å². The van der Waals surface area contributed by atoms with Gasteiger partial charge in [-0.05, 0) is 37.5 Å². The molecule has 1 amide bonds. The molecule has 0 spiro atoms. The molecule has 4 rings (SSSR count). The number of halogens is 4. The molecule has 176 valence electrons. The number of anilines is 1. The number of hydrogen-bond donors (Lipinski definition) is 2. The van der Waals surface area contributed by atoms with E-state index in [9.17, 15) is 27.5 Å². The van der Waals surface area contributed by atoms with Gasteiger partial charge in [0.15, 0.2) is 5.75 Å². The minimum absolute atomic E-state index is 0.0852. The number of amides is 1. The summed E-state index contributed by atoms with van der Waals surface area (Å²) < 4.78 is 58.1. The minimum atomic E-state index is -4.62. The molecule has 0 radical (unpaired) electrons. The third-order valence-corrected chi connectivity index (χ3v) is 5.44. The number of aliphatic hydroxyl groups is 1. The highest BCUT2D eigenvalue weighted by Gasteiger charge is 2.38. The fourth-order valence-electron chi connectivity index (χ4n) is 3.79. The number of alkyl halides is 3. The van der Waals surface area contributed by atoms with Crippen molar-refractivity contribution < 1.29 is 32.2 Å². The summed E-state index contributed by atoms with van der Waals surface area (Å²) in [5, 5.41) is 15.6. The maximum Gasteiger partial charge on any atom is 0.413 e. The van der Waals surface area contributed by atoms with Gasteiger partial charge in [0.2, 0.25) is 5.65 Å². The van der Waals surface area contributed by atoms with Crippen LogP contribution >= 0.6 is 0 Å². The van der Waals surface area contributed by atoms with E-state index < -0.39 is 24.1 Å². The Hall–Kier alpha value is -3.48. The lowest BCUT2D eigenvalue weighted by Gasteiger charge is -2.30. The molecule has 1 aliphatic rings. The Labute approximate surface area is 185 Å². The van der Waals surface area contributed by atoms with Gasteiger partial charge >= 0.3 is 12.3 Å². The van der Waals surface area contributed by atoms with Crippen molar-refractivity contribution in [2.75, 3.05) is 11.5 Å². The molecule has 3 aromatic rings. The van der Waals surface area contributed by atoms with Crippen LogP contribution in [0.1, 0.15) is 31.4 Å². The van der Waals surface area contributed by atoms with Crippen LogP contribution in [0.25, 0.3) is 5.65 Å². The second-order valence-corrected chi connectivity index (χ2v) is 7.63. The highest BCUT2D eigenvalue weighted by atomic mass is 19.4. The molecular formula is C20H20F4N6O3. The first kappa shape index (κ1) is 22.7. The molecule has 3 aromatic heterocycles. The molecule has 9 nitrogen and oxygen atoms in total. The molecule has 13 heteroatoms. The molecule has 2 N–H and O–H groups in total. The second kappa shape index (κ2) is 8.81. The quantitative estimate of drug-likeness (QED) is 0.555. The van der Waals surface area contributed by atoms with Crippen LogP contribution in [0.4, 0.5) is 28.2 Å². The predicted octanol–water partition coefficient (Wildman–Crippen LogP) is 3.01. The van der Waals surface area contributed by atoms with Crippen molar-refractivity contribution in [3.05, 3.63) is 48.3 Å². The number of hydrogen-bond acceptors (Lipinski definition) is 7. The number of aromatic nitrogens is 4. The molecule has 1 aliphatic heterocycles. The number of pyridine rings is 1. The molecule has 0 bridgehead atoms. The van der Waals surface area contributed by atoms with Crippen LogP contribution in [0.15, 0.2) is 36.9 Å². The van der Waals surface area contributed by atoms with E-state index in [1.165, 1.54) is 16.8 Å². The lowest BCUT2D eigenvalue weighted by Crippen LogP contribution is -2.44. The van der Waals surface area contributed by atoms with Gasteiger partial charge in [0.05, 0.1) is 31.1 Å². The molecular weight excluding hydrogens is 448 g/mol. The summed E-state index contributed by atoms with van der Waals surface area (Å²) in [6.45, 7) is 0.615. The first-order valence-electron chi connectivity index (χ1n) is 10.1. The van der Waals surface area contributed by atoms with Crippen LogP contribution in [0.3, 0.4) is 0 Å². The summed E-state index contributed by atoms with van der Waals surface area (Å²) in [7, 11) is 0. The number of rotatable bonds is 5. The van der Waals surface area contributed by atoms with Gasteiger partial charge in [-0.15, -0.1) is 0 Å². The first-order chi connectivity index (χ1) is 15.7. The maximum atomic E-state index is 13.8. The molecule has 0 aliphatic carbocycles.